The van der Waals surface area contributed by atoms with Crippen LogP contribution in [0, 0.1) is 18.7 Å². The highest BCUT2D eigenvalue weighted by Gasteiger charge is 2.35. The summed E-state index contributed by atoms with van der Waals surface area (Å²) in [5, 5.41) is 0. The number of halogens is 1. The van der Waals surface area contributed by atoms with E-state index in [4.69, 9.17) is 4.74 Å². The van der Waals surface area contributed by atoms with Gasteiger partial charge in [-0.25, -0.2) is 9.18 Å². The largest absolute Gasteiger partial charge is 0.444 e. The number of nitrogens with zero attached hydrogens (tertiary/aromatic N) is 1. The number of piperidine rings is 1. The molecule has 0 bridgehead atoms. The van der Waals surface area contributed by atoms with Crippen LogP contribution in [0.25, 0.3) is 0 Å². The van der Waals surface area contributed by atoms with Crippen molar-refractivity contribution >= 4 is 17.7 Å². The Balaban J connectivity index is 1.97. The lowest BCUT2D eigenvalue weighted by atomic mass is 9.87. The van der Waals surface area contributed by atoms with Crippen molar-refractivity contribution in [1.29, 1.82) is 0 Å². The molecule has 1 aliphatic rings. The number of likely N-dealkylation sites (tertiary alicyclic amines) is 1. The molecule has 1 saturated heterocycles. The Morgan fingerprint density at radius 2 is 2.00 bits per heavy atom. The topological polar surface area (TPSA) is 63.7 Å². The van der Waals surface area contributed by atoms with Crippen LogP contribution >= 0.6 is 0 Å². The number of carbonyl (C=O) groups is 3. The molecule has 6 heteroatoms. The lowest BCUT2D eigenvalue weighted by Crippen LogP contribution is -2.48. The van der Waals surface area contributed by atoms with Gasteiger partial charge < -0.3 is 9.64 Å². The highest BCUT2D eigenvalue weighted by atomic mass is 19.1. The van der Waals surface area contributed by atoms with Gasteiger partial charge in [-0.3, -0.25) is 9.59 Å². The van der Waals surface area contributed by atoms with Crippen molar-refractivity contribution in [3.8, 4) is 0 Å². The van der Waals surface area contributed by atoms with Gasteiger partial charge in [0.2, 0.25) is 0 Å². The fourth-order valence-corrected chi connectivity index (χ4v) is 2.81. The zero-order valence-corrected chi connectivity index (χ0v) is 15.1. The van der Waals surface area contributed by atoms with Crippen molar-refractivity contribution in [1.82, 2.24) is 4.90 Å². The van der Waals surface area contributed by atoms with Crippen molar-refractivity contribution in [3.05, 3.63) is 35.1 Å². The van der Waals surface area contributed by atoms with Gasteiger partial charge in [-0.2, -0.15) is 0 Å². The van der Waals surface area contributed by atoms with E-state index < -0.39 is 17.6 Å². The van der Waals surface area contributed by atoms with E-state index in [-0.39, 0.29) is 36.8 Å². The molecular weight excluding hydrogens is 325 g/mol. The summed E-state index contributed by atoms with van der Waals surface area (Å²) in [6.07, 6.45) is -0.160. The summed E-state index contributed by atoms with van der Waals surface area (Å²) in [6, 6.07) is 4.25. The van der Waals surface area contributed by atoms with E-state index in [0.29, 0.717) is 17.7 Å². The fraction of sp³-hybridized carbons (Fsp3) is 0.526. The average Bonchev–Trinajstić information content (AvgIpc) is 2.48. The summed E-state index contributed by atoms with van der Waals surface area (Å²) >= 11 is 0. The smallest absolute Gasteiger partial charge is 0.410 e. The van der Waals surface area contributed by atoms with Crippen molar-refractivity contribution in [3.63, 3.8) is 0 Å². The van der Waals surface area contributed by atoms with Gasteiger partial charge in [-0.1, -0.05) is 6.07 Å². The third kappa shape index (κ3) is 5.11. The quantitative estimate of drug-likeness (QED) is 0.787. The maximum Gasteiger partial charge on any atom is 0.410 e. The molecule has 1 amide bonds. The molecule has 0 spiro atoms. The average molecular weight is 349 g/mol. The van der Waals surface area contributed by atoms with Gasteiger partial charge in [0.15, 0.2) is 5.78 Å². The molecule has 2 rings (SSSR count). The highest BCUT2D eigenvalue weighted by molar-refractivity contribution is 6.05. The van der Waals surface area contributed by atoms with Crippen LogP contribution in [0.4, 0.5) is 9.18 Å². The lowest BCUT2D eigenvalue weighted by molar-refractivity contribution is -0.135. The number of rotatable bonds is 3. The first-order valence-electron chi connectivity index (χ1n) is 8.35. The molecule has 1 aromatic rings. The molecule has 0 N–H and O–H groups in total. The van der Waals surface area contributed by atoms with Crippen LogP contribution in [0.15, 0.2) is 18.2 Å². The van der Waals surface area contributed by atoms with Gasteiger partial charge in [0.1, 0.15) is 17.2 Å². The van der Waals surface area contributed by atoms with E-state index in [1.54, 1.807) is 33.8 Å². The van der Waals surface area contributed by atoms with Gasteiger partial charge in [0, 0.05) is 13.0 Å². The van der Waals surface area contributed by atoms with E-state index in [1.165, 1.54) is 17.0 Å². The summed E-state index contributed by atoms with van der Waals surface area (Å²) < 4.78 is 18.4. The maximum absolute atomic E-state index is 13.1. The summed E-state index contributed by atoms with van der Waals surface area (Å²) in [4.78, 5) is 38.2. The molecule has 25 heavy (non-hydrogen) atoms. The predicted molar refractivity (Wildman–Crippen MR) is 90.8 cm³/mol. The van der Waals surface area contributed by atoms with Crippen molar-refractivity contribution in [2.75, 3.05) is 13.1 Å². The molecule has 1 unspecified atom stereocenters. The third-order valence-electron chi connectivity index (χ3n) is 4.13. The van der Waals surface area contributed by atoms with E-state index >= 15 is 0 Å². The van der Waals surface area contributed by atoms with Crippen molar-refractivity contribution in [2.45, 2.75) is 46.1 Å². The molecule has 0 radical (unpaired) electrons. The van der Waals surface area contributed by atoms with Gasteiger partial charge in [-0.15, -0.1) is 0 Å². The standard InChI is InChI=1S/C19H24FNO4/c1-12-9-14(20)6-5-13(12)10-16(22)15-7-8-21(11-17(15)23)18(24)25-19(2,3)4/h5-6,9,15H,7-8,10-11H2,1-4H3. The maximum atomic E-state index is 13.1. The molecule has 1 heterocycles. The van der Waals surface area contributed by atoms with Gasteiger partial charge in [0.05, 0.1) is 12.5 Å². The zero-order valence-electron chi connectivity index (χ0n) is 15.1. The minimum atomic E-state index is -0.719. The van der Waals surface area contributed by atoms with Crippen LogP contribution in [0.2, 0.25) is 0 Å². The Hall–Kier alpha value is -2.24. The molecule has 136 valence electrons. The normalized spacial score (nSPS) is 18.2. The number of aryl methyl sites for hydroxylation is 1. The third-order valence-corrected chi connectivity index (χ3v) is 4.13. The number of ether oxygens (including phenoxy) is 1. The zero-order chi connectivity index (χ0) is 18.8. The van der Waals surface area contributed by atoms with Crippen LogP contribution in [0.5, 0.6) is 0 Å². The highest BCUT2D eigenvalue weighted by Crippen LogP contribution is 2.21. The predicted octanol–water partition coefficient (Wildman–Crippen LogP) is 3.07. The Morgan fingerprint density at radius 1 is 1.32 bits per heavy atom. The number of Topliss-reactive ketones (excluding diaryl/α,β-unsaturated/α-hetero) is 2. The molecule has 1 fully saturated rings. The number of benzene rings is 1. The first kappa shape index (κ1) is 19.1. The molecule has 1 aliphatic heterocycles. The monoisotopic (exact) mass is 349 g/mol. The van der Waals surface area contributed by atoms with Crippen molar-refractivity contribution < 1.29 is 23.5 Å². The minimum Gasteiger partial charge on any atom is -0.444 e. The van der Waals surface area contributed by atoms with Crippen LogP contribution in [-0.4, -0.2) is 41.3 Å². The number of hydrogen-bond donors (Lipinski definition) is 0. The second-order valence-electron chi connectivity index (χ2n) is 7.42. The van der Waals surface area contributed by atoms with Gasteiger partial charge in [-0.05, 0) is 57.4 Å². The SMILES string of the molecule is Cc1cc(F)ccc1CC(=O)C1CCN(C(=O)OC(C)(C)C)CC1=O. The first-order valence-corrected chi connectivity index (χ1v) is 8.35. The number of ketones is 2. The van der Waals surface area contributed by atoms with E-state index in [2.05, 4.69) is 0 Å². The molecule has 5 nitrogen and oxygen atoms in total. The summed E-state index contributed by atoms with van der Waals surface area (Å²) in [6.45, 7) is 7.20. The number of hydrogen-bond acceptors (Lipinski definition) is 4. The van der Waals surface area contributed by atoms with Gasteiger partial charge in [0.25, 0.3) is 0 Å². The summed E-state index contributed by atoms with van der Waals surface area (Å²) in [7, 11) is 0. The number of amides is 1. The Bertz CT molecular complexity index is 693. The van der Waals surface area contributed by atoms with E-state index in [1.807, 2.05) is 0 Å². The minimum absolute atomic E-state index is 0.0922. The second-order valence-corrected chi connectivity index (χ2v) is 7.42. The van der Waals surface area contributed by atoms with Crippen LogP contribution in [-0.2, 0) is 20.7 Å². The Morgan fingerprint density at radius 3 is 2.56 bits per heavy atom. The molecule has 0 aliphatic carbocycles. The second kappa shape index (κ2) is 7.33. The number of carbonyl (C=O) groups excluding carboxylic acids is 3. The lowest BCUT2D eigenvalue weighted by Gasteiger charge is -2.32. The molecule has 1 aromatic carbocycles. The molecular formula is C19H24FNO4. The summed E-state index contributed by atoms with van der Waals surface area (Å²) in [5.41, 5.74) is 0.771. The van der Waals surface area contributed by atoms with Crippen LogP contribution in [0.1, 0.15) is 38.3 Å². The first-order chi connectivity index (χ1) is 11.6. The van der Waals surface area contributed by atoms with Gasteiger partial charge >= 0.3 is 6.09 Å². The van der Waals surface area contributed by atoms with E-state index in [9.17, 15) is 18.8 Å². The molecule has 1 atom stereocenters. The Kier molecular flexibility index (Phi) is 5.60. The molecule has 0 saturated carbocycles. The Labute approximate surface area is 147 Å². The summed E-state index contributed by atoms with van der Waals surface area (Å²) in [5.74, 6) is -1.54. The fourth-order valence-electron chi connectivity index (χ4n) is 2.81. The molecule has 0 aromatic heterocycles. The van der Waals surface area contributed by atoms with Crippen LogP contribution in [0.3, 0.4) is 0 Å². The van der Waals surface area contributed by atoms with Crippen LogP contribution < -0.4 is 0 Å². The van der Waals surface area contributed by atoms with Crippen molar-refractivity contribution in [2.24, 2.45) is 5.92 Å². The van der Waals surface area contributed by atoms with E-state index in [0.717, 1.165) is 0 Å².